The van der Waals surface area contributed by atoms with E-state index in [9.17, 15) is 45.6 Å². The number of ketones is 5. The Morgan fingerprint density at radius 1 is 0.945 bits per heavy atom. The Morgan fingerprint density at radius 3 is 2.15 bits per heavy atom. The number of sulfone groups is 1. The lowest BCUT2D eigenvalue weighted by molar-refractivity contribution is -0.176. The molecule has 1 fully saturated rings. The minimum atomic E-state index is -4.65. The number of aryl methyl sites for hydroxylation is 2. The molecule has 5 rings (SSSR count). The minimum Gasteiger partial charge on any atom is -0.469 e. The van der Waals surface area contributed by atoms with Gasteiger partial charge in [0.1, 0.15) is 18.1 Å². The standard InChI is InChI=1S/C20H16Cl2N2O3.C17H16ClF3O6S/c1-12-18(19(26)15-9-8-14(21)10-16(15)22)20(24(2)23-12)27-11-17(25)13-6-4-3-5-7-13;1-28(25,26)13-6-5-9(15(18)10(13)7-27-8-17(19,20)21)16(24)14-11(22)3-2-4-12(14)23/h3-10H,11H2,1-2H3;5-6,14H,2-4,7-8H2,1H3. The molecule has 18 heteroatoms. The fraction of sp³-hybridized carbons (Fsp3) is 0.297. The summed E-state index contributed by atoms with van der Waals surface area (Å²) in [6.07, 6.45) is -3.40. The van der Waals surface area contributed by atoms with Crippen LogP contribution in [0.25, 0.3) is 0 Å². The van der Waals surface area contributed by atoms with Crippen molar-refractivity contribution in [1.82, 2.24) is 9.78 Å². The summed E-state index contributed by atoms with van der Waals surface area (Å²) in [5.74, 6) is -3.91. The van der Waals surface area contributed by atoms with Crippen molar-refractivity contribution in [3.63, 3.8) is 0 Å². The second-order valence-corrected chi connectivity index (χ2v) is 15.5. The molecule has 0 radical (unpaired) electrons. The molecule has 4 aromatic rings. The molecule has 1 aromatic heterocycles. The molecule has 0 spiro atoms. The van der Waals surface area contributed by atoms with Gasteiger partial charge in [-0.3, -0.25) is 24.0 Å². The number of rotatable bonds is 12. The van der Waals surface area contributed by atoms with Crippen LogP contribution in [0, 0.1) is 12.8 Å². The summed E-state index contributed by atoms with van der Waals surface area (Å²) >= 11 is 18.2. The van der Waals surface area contributed by atoms with E-state index in [4.69, 9.17) is 39.5 Å². The first-order valence-corrected chi connectivity index (χ1v) is 19.2. The number of aromatic nitrogens is 2. The summed E-state index contributed by atoms with van der Waals surface area (Å²) in [5, 5.41) is 4.46. The Hall–Kier alpha value is -4.41. The van der Waals surface area contributed by atoms with Crippen LogP contribution in [-0.4, -0.2) is 72.8 Å². The molecule has 292 valence electrons. The maximum absolute atomic E-state index is 13.0. The van der Waals surface area contributed by atoms with Crippen molar-refractivity contribution in [3.8, 4) is 5.88 Å². The SMILES string of the molecule is CS(=O)(=O)c1ccc(C(=O)C2C(=O)CCCC2=O)c(Cl)c1COCC(F)(F)F.Cc1nn(C)c(OCC(=O)c2ccccc2)c1C(=O)c1ccc(Cl)cc1Cl. The van der Waals surface area contributed by atoms with Crippen LogP contribution in [0.1, 0.15) is 67.2 Å². The zero-order valence-electron chi connectivity index (χ0n) is 29.3. The molecule has 1 heterocycles. The summed E-state index contributed by atoms with van der Waals surface area (Å²) in [4.78, 5) is 61.6. The van der Waals surface area contributed by atoms with E-state index in [0.29, 0.717) is 22.7 Å². The van der Waals surface area contributed by atoms with E-state index in [1.807, 2.05) is 6.07 Å². The molecule has 0 unspecified atom stereocenters. The molecule has 1 saturated carbocycles. The van der Waals surface area contributed by atoms with Gasteiger partial charge in [-0.15, -0.1) is 0 Å². The average Bonchev–Trinajstić information content (AvgIpc) is 3.38. The molecule has 3 aromatic carbocycles. The number of halogens is 6. The van der Waals surface area contributed by atoms with Crippen LogP contribution in [-0.2, 0) is 37.8 Å². The van der Waals surface area contributed by atoms with Gasteiger partial charge < -0.3 is 9.47 Å². The maximum atomic E-state index is 13.0. The van der Waals surface area contributed by atoms with Crippen molar-refractivity contribution in [2.24, 2.45) is 13.0 Å². The topological polar surface area (TPSA) is 156 Å². The van der Waals surface area contributed by atoms with Crippen molar-refractivity contribution in [3.05, 3.63) is 109 Å². The van der Waals surface area contributed by atoms with E-state index >= 15 is 0 Å². The van der Waals surface area contributed by atoms with Crippen molar-refractivity contribution < 1.29 is 55.0 Å². The number of carbonyl (C=O) groups is 5. The van der Waals surface area contributed by atoms with E-state index in [0.717, 1.165) is 18.4 Å². The molecule has 0 saturated heterocycles. The maximum Gasteiger partial charge on any atom is 0.411 e. The quantitative estimate of drug-likeness (QED) is 0.104. The predicted molar refractivity (Wildman–Crippen MR) is 196 cm³/mol. The van der Waals surface area contributed by atoms with Crippen LogP contribution in [0.15, 0.2) is 65.6 Å². The Kier molecular flexibility index (Phi) is 14.2. The smallest absolute Gasteiger partial charge is 0.411 e. The Morgan fingerprint density at radius 2 is 1.56 bits per heavy atom. The van der Waals surface area contributed by atoms with Gasteiger partial charge in [0.15, 0.2) is 39.6 Å². The Labute approximate surface area is 328 Å². The van der Waals surface area contributed by atoms with Crippen LogP contribution in [0.4, 0.5) is 13.2 Å². The third-order valence-corrected chi connectivity index (χ3v) is 10.3. The summed E-state index contributed by atoms with van der Waals surface area (Å²) in [7, 11) is -2.25. The first-order chi connectivity index (χ1) is 25.7. The molecule has 0 aliphatic heterocycles. The number of Topliss-reactive ketones (excluding diaryl/α,β-unsaturated/α-hetero) is 4. The lowest BCUT2D eigenvalue weighted by atomic mass is 9.81. The van der Waals surface area contributed by atoms with Gasteiger partial charge in [-0.1, -0.05) is 65.1 Å². The summed E-state index contributed by atoms with van der Waals surface area (Å²) in [6.45, 7) is -0.987. The van der Waals surface area contributed by atoms with Crippen molar-refractivity contribution >= 4 is 73.6 Å². The summed E-state index contributed by atoms with van der Waals surface area (Å²) < 4.78 is 72.4. The van der Waals surface area contributed by atoms with E-state index in [1.54, 1.807) is 50.4 Å². The van der Waals surface area contributed by atoms with Crippen molar-refractivity contribution in [1.29, 1.82) is 0 Å². The van der Waals surface area contributed by atoms with Crippen molar-refractivity contribution in [2.75, 3.05) is 19.5 Å². The highest BCUT2D eigenvalue weighted by molar-refractivity contribution is 7.90. The molecule has 0 bridgehead atoms. The molecule has 0 amide bonds. The number of hydrogen-bond donors (Lipinski definition) is 0. The van der Waals surface area contributed by atoms with Gasteiger partial charge in [-0.2, -0.15) is 18.3 Å². The van der Waals surface area contributed by atoms with Gasteiger partial charge in [0, 0.05) is 53.4 Å². The molecule has 0 N–H and O–H groups in total. The first-order valence-electron chi connectivity index (χ1n) is 16.2. The van der Waals surface area contributed by atoms with Crippen LogP contribution in [0.3, 0.4) is 0 Å². The van der Waals surface area contributed by atoms with Gasteiger partial charge in [0.25, 0.3) is 0 Å². The van der Waals surface area contributed by atoms with E-state index in [2.05, 4.69) is 9.84 Å². The first kappa shape index (κ1) is 43.3. The van der Waals surface area contributed by atoms with Gasteiger partial charge in [-0.05, 0) is 43.7 Å². The van der Waals surface area contributed by atoms with Gasteiger partial charge in [0.05, 0.1) is 27.2 Å². The monoisotopic (exact) mass is 842 g/mol. The number of nitrogens with zero attached hydrogens (tertiary/aromatic N) is 2. The second kappa shape index (κ2) is 18.0. The highest BCUT2D eigenvalue weighted by atomic mass is 35.5. The number of carbonyl (C=O) groups excluding carboxylic acids is 5. The van der Waals surface area contributed by atoms with Crippen LogP contribution < -0.4 is 4.74 Å². The van der Waals surface area contributed by atoms with Gasteiger partial charge in [-0.25, -0.2) is 13.1 Å². The van der Waals surface area contributed by atoms with Crippen LogP contribution in [0.2, 0.25) is 15.1 Å². The zero-order chi connectivity index (χ0) is 40.8. The lowest BCUT2D eigenvalue weighted by Gasteiger charge is -2.20. The number of benzene rings is 3. The summed E-state index contributed by atoms with van der Waals surface area (Å²) in [5.41, 5.74) is 0.919. The predicted octanol–water partition coefficient (Wildman–Crippen LogP) is 7.47. The summed E-state index contributed by atoms with van der Waals surface area (Å²) in [6, 6.07) is 15.5. The molecule has 1 aliphatic carbocycles. The molecular formula is C37H32Cl3F3N2O9S. The van der Waals surface area contributed by atoms with Crippen LogP contribution in [0.5, 0.6) is 5.88 Å². The van der Waals surface area contributed by atoms with E-state index in [1.165, 1.54) is 10.7 Å². The highest BCUT2D eigenvalue weighted by Crippen LogP contribution is 2.33. The third kappa shape index (κ3) is 10.9. The largest absolute Gasteiger partial charge is 0.469 e. The fourth-order valence-electron chi connectivity index (χ4n) is 5.61. The van der Waals surface area contributed by atoms with E-state index < -0.39 is 62.4 Å². The fourth-order valence-corrected chi connectivity index (χ4v) is 7.40. The number of ether oxygens (including phenoxy) is 2. The number of hydrogen-bond acceptors (Lipinski definition) is 10. The minimum absolute atomic E-state index is 0.0444. The Bertz CT molecular complexity index is 2240. The Balaban J connectivity index is 0.000000245. The van der Waals surface area contributed by atoms with Crippen LogP contribution >= 0.6 is 34.8 Å². The van der Waals surface area contributed by atoms with Gasteiger partial charge in [0.2, 0.25) is 11.7 Å². The number of alkyl halides is 3. The zero-order valence-corrected chi connectivity index (χ0v) is 32.4. The highest BCUT2D eigenvalue weighted by Gasteiger charge is 2.38. The molecule has 0 atom stereocenters. The second-order valence-electron chi connectivity index (χ2n) is 12.3. The lowest BCUT2D eigenvalue weighted by Crippen LogP contribution is -2.35. The normalized spacial score (nSPS) is 13.6. The molecule has 55 heavy (non-hydrogen) atoms. The third-order valence-electron chi connectivity index (χ3n) is 8.14. The molecule has 1 aliphatic rings. The van der Waals surface area contributed by atoms with E-state index in [-0.39, 0.29) is 64.2 Å². The average molecular weight is 844 g/mol. The molecule has 11 nitrogen and oxygen atoms in total. The van der Waals surface area contributed by atoms with Crippen molar-refractivity contribution in [2.45, 2.75) is 43.9 Å². The van der Waals surface area contributed by atoms with Gasteiger partial charge >= 0.3 is 6.18 Å². The molecular weight excluding hydrogens is 812 g/mol.